The second-order valence-corrected chi connectivity index (χ2v) is 10.1. The molecule has 0 radical (unpaired) electrons. The number of hydrogen-bond acceptors (Lipinski definition) is 3. The van der Waals surface area contributed by atoms with Gasteiger partial charge in [-0.2, -0.15) is 0 Å². The molecule has 29 heavy (non-hydrogen) atoms. The van der Waals surface area contributed by atoms with Gasteiger partial charge in [0.2, 0.25) is 10.0 Å². The molecule has 1 aliphatic rings. The number of sulfonamides is 1. The highest BCUT2D eigenvalue weighted by Crippen LogP contribution is 2.35. The van der Waals surface area contributed by atoms with Gasteiger partial charge in [-0.25, -0.2) is 13.1 Å². The molecule has 0 aromatic heterocycles. The Labute approximate surface area is 171 Å². The van der Waals surface area contributed by atoms with Gasteiger partial charge >= 0.3 is 0 Å². The Morgan fingerprint density at radius 1 is 0.897 bits per heavy atom. The summed E-state index contributed by atoms with van der Waals surface area (Å²) in [7, 11) is -3.63. The van der Waals surface area contributed by atoms with Gasteiger partial charge in [-0.15, -0.1) is 0 Å². The molecule has 1 aliphatic carbocycles. The highest BCUT2D eigenvalue weighted by atomic mass is 32.2. The van der Waals surface area contributed by atoms with E-state index in [0.29, 0.717) is 5.56 Å². The molecule has 3 aromatic rings. The van der Waals surface area contributed by atoms with Crippen molar-refractivity contribution in [3.8, 4) is 0 Å². The molecular weight excluding hydrogens is 384 g/mol. The van der Waals surface area contributed by atoms with Crippen molar-refractivity contribution in [2.45, 2.75) is 44.0 Å². The van der Waals surface area contributed by atoms with Crippen molar-refractivity contribution in [2.24, 2.45) is 0 Å². The lowest BCUT2D eigenvalue weighted by Gasteiger charge is -2.20. The number of aryl methyl sites for hydroxylation is 2. The fourth-order valence-corrected chi connectivity index (χ4v) is 5.22. The summed E-state index contributed by atoms with van der Waals surface area (Å²) in [5.41, 5.74) is 3.22. The fraction of sp³-hybridized carbons (Fsp3) is 0.261. The second kappa shape index (κ2) is 6.97. The summed E-state index contributed by atoms with van der Waals surface area (Å²) < 4.78 is 27.5. The van der Waals surface area contributed by atoms with Crippen LogP contribution in [0.3, 0.4) is 0 Å². The van der Waals surface area contributed by atoms with E-state index in [9.17, 15) is 13.2 Å². The summed E-state index contributed by atoms with van der Waals surface area (Å²) in [5.74, 6) is -0.267. The first-order valence-electron chi connectivity index (χ1n) is 9.63. The van der Waals surface area contributed by atoms with E-state index < -0.39 is 15.6 Å². The first-order chi connectivity index (χ1) is 13.6. The monoisotopic (exact) mass is 408 g/mol. The Kier molecular flexibility index (Phi) is 4.71. The van der Waals surface area contributed by atoms with Crippen molar-refractivity contribution in [2.75, 3.05) is 5.32 Å². The predicted octanol–water partition coefficient (Wildman–Crippen LogP) is 4.27. The zero-order valence-corrected chi connectivity index (χ0v) is 17.6. The quantitative estimate of drug-likeness (QED) is 0.677. The summed E-state index contributed by atoms with van der Waals surface area (Å²) in [5, 5.41) is 5.25. The average Bonchev–Trinajstić information content (AvgIpc) is 3.07. The lowest BCUT2D eigenvalue weighted by Crippen LogP contribution is -2.40. The van der Waals surface area contributed by atoms with Gasteiger partial charge in [0.15, 0.2) is 0 Å². The number of hydrogen-bond donors (Lipinski definition) is 2. The van der Waals surface area contributed by atoms with Crippen LogP contribution in [0.15, 0.2) is 59.5 Å². The third-order valence-corrected chi connectivity index (χ3v) is 6.77. The minimum Gasteiger partial charge on any atom is -0.321 e. The van der Waals surface area contributed by atoms with Gasteiger partial charge < -0.3 is 5.32 Å². The van der Waals surface area contributed by atoms with E-state index in [2.05, 4.69) is 22.2 Å². The first-order valence-corrected chi connectivity index (χ1v) is 11.1. The molecule has 0 aliphatic heterocycles. The van der Waals surface area contributed by atoms with Crippen molar-refractivity contribution < 1.29 is 13.2 Å². The summed E-state index contributed by atoms with van der Waals surface area (Å²) in [6.45, 7) is 5.35. The molecule has 0 spiro atoms. The number of anilines is 1. The minimum atomic E-state index is -3.63. The molecule has 0 unspecified atom stereocenters. The Morgan fingerprint density at radius 2 is 1.55 bits per heavy atom. The van der Waals surface area contributed by atoms with E-state index in [1.807, 2.05) is 18.2 Å². The molecule has 1 amide bonds. The second-order valence-electron chi connectivity index (χ2n) is 8.45. The van der Waals surface area contributed by atoms with Gasteiger partial charge in [0.25, 0.3) is 5.91 Å². The van der Waals surface area contributed by atoms with Gasteiger partial charge in [0, 0.05) is 22.2 Å². The number of benzene rings is 3. The van der Waals surface area contributed by atoms with Crippen LogP contribution in [0.25, 0.3) is 10.8 Å². The van der Waals surface area contributed by atoms with Gasteiger partial charge in [-0.3, -0.25) is 4.79 Å². The molecule has 0 atom stereocenters. The molecule has 150 valence electrons. The van der Waals surface area contributed by atoms with E-state index in [0.717, 1.165) is 23.9 Å². The molecule has 0 bridgehead atoms. The topological polar surface area (TPSA) is 75.3 Å². The maximum Gasteiger partial charge on any atom is 0.255 e. The lowest BCUT2D eigenvalue weighted by molar-refractivity contribution is 0.102. The van der Waals surface area contributed by atoms with Gasteiger partial charge in [0.1, 0.15) is 0 Å². The van der Waals surface area contributed by atoms with Crippen LogP contribution >= 0.6 is 0 Å². The van der Waals surface area contributed by atoms with Crippen molar-refractivity contribution in [3.63, 3.8) is 0 Å². The zero-order valence-electron chi connectivity index (χ0n) is 16.7. The van der Waals surface area contributed by atoms with E-state index in [4.69, 9.17) is 0 Å². The van der Waals surface area contributed by atoms with E-state index in [1.54, 1.807) is 20.8 Å². The Bertz CT molecular complexity index is 1200. The van der Waals surface area contributed by atoms with Crippen LogP contribution in [0.5, 0.6) is 0 Å². The van der Waals surface area contributed by atoms with Crippen molar-refractivity contribution >= 4 is 32.4 Å². The minimum absolute atomic E-state index is 0.134. The standard InChI is InChI=1S/C23H24N2O3S/c1-23(2,3)25-29(27,28)18-12-9-17(10-13-18)22(26)24-20-14-11-16-8-7-15-5-4-6-19(20)21(15)16/h4-6,9-14,25H,7-8H2,1-3H3,(H,24,26). The SMILES string of the molecule is CC(C)(C)NS(=O)(=O)c1ccc(C(=O)Nc2ccc3c4c(cccc24)CC3)cc1. The van der Waals surface area contributed by atoms with Crippen molar-refractivity contribution in [1.29, 1.82) is 0 Å². The van der Waals surface area contributed by atoms with Crippen LogP contribution in [-0.2, 0) is 22.9 Å². The molecule has 0 saturated carbocycles. The highest BCUT2D eigenvalue weighted by molar-refractivity contribution is 7.89. The molecule has 2 N–H and O–H groups in total. The fourth-order valence-electron chi connectivity index (χ4n) is 3.80. The number of amides is 1. The zero-order chi connectivity index (χ0) is 20.8. The van der Waals surface area contributed by atoms with Crippen LogP contribution in [0.2, 0.25) is 0 Å². The van der Waals surface area contributed by atoms with Gasteiger partial charge in [-0.1, -0.05) is 24.3 Å². The van der Waals surface area contributed by atoms with Gasteiger partial charge in [-0.05, 0) is 80.5 Å². The molecule has 0 saturated heterocycles. The average molecular weight is 409 g/mol. The largest absolute Gasteiger partial charge is 0.321 e. The molecule has 5 nitrogen and oxygen atoms in total. The lowest BCUT2D eigenvalue weighted by atomic mass is 10.0. The Morgan fingerprint density at radius 3 is 2.21 bits per heavy atom. The third kappa shape index (κ3) is 3.91. The third-order valence-electron chi connectivity index (χ3n) is 4.99. The summed E-state index contributed by atoms with van der Waals surface area (Å²) in [4.78, 5) is 12.9. The maximum atomic E-state index is 12.8. The number of carbonyl (C=O) groups excluding carboxylic acids is 1. The van der Waals surface area contributed by atoms with Crippen LogP contribution in [-0.4, -0.2) is 19.9 Å². The number of carbonyl (C=O) groups is 1. The highest BCUT2D eigenvalue weighted by Gasteiger charge is 2.22. The first kappa shape index (κ1) is 19.6. The molecule has 0 fully saturated rings. The maximum absolute atomic E-state index is 12.8. The summed E-state index contributed by atoms with van der Waals surface area (Å²) in [6, 6.07) is 16.2. The number of rotatable bonds is 4. The van der Waals surface area contributed by atoms with E-state index >= 15 is 0 Å². The normalized spacial score (nSPS) is 13.6. The number of nitrogens with one attached hydrogen (secondary N) is 2. The summed E-state index contributed by atoms with van der Waals surface area (Å²) in [6.07, 6.45) is 2.06. The smallest absolute Gasteiger partial charge is 0.255 e. The van der Waals surface area contributed by atoms with Gasteiger partial charge in [0.05, 0.1) is 4.90 Å². The van der Waals surface area contributed by atoms with Crippen LogP contribution in [0, 0.1) is 0 Å². The van der Waals surface area contributed by atoms with Crippen molar-refractivity contribution in [3.05, 3.63) is 71.3 Å². The summed E-state index contributed by atoms with van der Waals surface area (Å²) >= 11 is 0. The molecule has 0 heterocycles. The molecule has 3 aromatic carbocycles. The predicted molar refractivity (Wildman–Crippen MR) is 116 cm³/mol. The van der Waals surface area contributed by atoms with E-state index in [1.165, 1.54) is 40.8 Å². The van der Waals surface area contributed by atoms with Crippen molar-refractivity contribution in [1.82, 2.24) is 4.72 Å². The molecule has 6 heteroatoms. The van der Waals surface area contributed by atoms with E-state index in [-0.39, 0.29) is 10.8 Å². The van der Waals surface area contributed by atoms with Crippen LogP contribution in [0.1, 0.15) is 42.3 Å². The Hall–Kier alpha value is -2.70. The van der Waals surface area contributed by atoms with Crippen LogP contribution < -0.4 is 10.0 Å². The molecule has 4 rings (SSSR count). The van der Waals surface area contributed by atoms with Crippen LogP contribution in [0.4, 0.5) is 5.69 Å². The Balaban J connectivity index is 1.58. The molecular formula is C23H24N2O3S.